The van der Waals surface area contributed by atoms with E-state index in [2.05, 4.69) is 5.32 Å². The molecule has 0 aromatic heterocycles. The molecule has 108 valence electrons. The van der Waals surface area contributed by atoms with Gasteiger partial charge in [-0.1, -0.05) is 0 Å². The lowest BCUT2D eigenvalue weighted by Gasteiger charge is -2.12. The van der Waals surface area contributed by atoms with Crippen LogP contribution in [0.4, 0.5) is 8.78 Å². The zero-order valence-corrected chi connectivity index (χ0v) is 11.5. The van der Waals surface area contributed by atoms with Gasteiger partial charge in [-0.05, 0) is 43.4 Å². The molecule has 0 saturated carbocycles. The molecule has 0 atom stereocenters. The van der Waals surface area contributed by atoms with E-state index in [9.17, 15) is 8.78 Å². The van der Waals surface area contributed by atoms with E-state index in [4.69, 9.17) is 10.00 Å². The molecule has 0 amide bonds. The zero-order valence-electron chi connectivity index (χ0n) is 11.5. The second-order valence-corrected chi connectivity index (χ2v) is 4.48. The summed E-state index contributed by atoms with van der Waals surface area (Å²) in [7, 11) is 1.75. The van der Waals surface area contributed by atoms with E-state index in [0.717, 1.165) is 0 Å². The Morgan fingerprint density at radius 2 is 1.76 bits per heavy atom. The molecule has 0 aliphatic rings. The lowest BCUT2D eigenvalue weighted by molar-refractivity contribution is 0.301. The fourth-order valence-electron chi connectivity index (χ4n) is 1.96. The van der Waals surface area contributed by atoms with Gasteiger partial charge in [0.05, 0.1) is 11.6 Å². The van der Waals surface area contributed by atoms with Crippen molar-refractivity contribution in [3.63, 3.8) is 0 Å². The highest BCUT2D eigenvalue weighted by atomic mass is 19.1. The highest BCUT2D eigenvalue weighted by Gasteiger charge is 2.08. The van der Waals surface area contributed by atoms with Gasteiger partial charge in [-0.3, -0.25) is 0 Å². The number of hydrogen-bond donors (Lipinski definition) is 1. The first kappa shape index (κ1) is 14.9. The summed E-state index contributed by atoms with van der Waals surface area (Å²) in [6, 6.07) is 10.1. The van der Waals surface area contributed by atoms with Crippen molar-refractivity contribution < 1.29 is 13.5 Å². The summed E-state index contributed by atoms with van der Waals surface area (Å²) in [6.45, 7) is 0.490. The third-order valence-electron chi connectivity index (χ3n) is 2.96. The largest absolute Gasteiger partial charge is 0.489 e. The number of nitriles is 1. The van der Waals surface area contributed by atoms with Crippen molar-refractivity contribution in [1.29, 1.82) is 5.26 Å². The summed E-state index contributed by atoms with van der Waals surface area (Å²) in [5.74, 6) is -0.280. The molecule has 0 fully saturated rings. The maximum atomic E-state index is 13.2. The van der Waals surface area contributed by atoms with Crippen molar-refractivity contribution in [2.24, 2.45) is 0 Å². The second kappa shape index (κ2) is 6.82. The quantitative estimate of drug-likeness (QED) is 0.919. The summed E-state index contributed by atoms with van der Waals surface area (Å²) in [4.78, 5) is 0. The van der Waals surface area contributed by atoms with Crippen molar-refractivity contribution in [1.82, 2.24) is 5.32 Å². The number of nitrogens with one attached hydrogen (secondary N) is 1. The van der Waals surface area contributed by atoms with Gasteiger partial charge >= 0.3 is 0 Å². The maximum Gasteiger partial charge on any atom is 0.124 e. The standard InChI is InChI=1S/C16H14F2N2O/c1-20-9-12-6-15(18)4-5-16(12)21-10-13-7-14(17)3-2-11(13)8-19/h2-7,20H,9-10H2,1H3. The topological polar surface area (TPSA) is 45.0 Å². The van der Waals surface area contributed by atoms with E-state index < -0.39 is 5.82 Å². The molecule has 0 aliphatic heterocycles. The van der Waals surface area contributed by atoms with Gasteiger partial charge in [0, 0.05) is 17.7 Å². The van der Waals surface area contributed by atoms with Crippen molar-refractivity contribution >= 4 is 0 Å². The van der Waals surface area contributed by atoms with Crippen LogP contribution in [0.3, 0.4) is 0 Å². The van der Waals surface area contributed by atoms with Crippen LogP contribution in [-0.4, -0.2) is 7.05 Å². The van der Waals surface area contributed by atoms with E-state index in [1.54, 1.807) is 7.05 Å². The minimum atomic E-state index is -0.429. The summed E-state index contributed by atoms with van der Waals surface area (Å²) >= 11 is 0. The Kier molecular flexibility index (Phi) is 4.85. The lowest BCUT2D eigenvalue weighted by Crippen LogP contribution is -2.08. The Morgan fingerprint density at radius 3 is 2.43 bits per heavy atom. The molecule has 0 bridgehead atoms. The molecule has 2 rings (SSSR count). The van der Waals surface area contributed by atoms with Crippen molar-refractivity contribution in [3.8, 4) is 11.8 Å². The minimum Gasteiger partial charge on any atom is -0.489 e. The van der Waals surface area contributed by atoms with Gasteiger partial charge < -0.3 is 10.1 Å². The molecular formula is C16H14F2N2O. The average molecular weight is 288 g/mol. The maximum absolute atomic E-state index is 13.2. The highest BCUT2D eigenvalue weighted by molar-refractivity contribution is 5.39. The third kappa shape index (κ3) is 3.77. The smallest absolute Gasteiger partial charge is 0.124 e. The Labute approximate surface area is 121 Å². The molecule has 2 aromatic rings. The van der Waals surface area contributed by atoms with Crippen molar-refractivity contribution in [3.05, 3.63) is 64.7 Å². The number of halogens is 2. The Balaban J connectivity index is 2.20. The molecule has 3 nitrogen and oxygen atoms in total. The van der Waals surface area contributed by atoms with Gasteiger partial charge in [-0.2, -0.15) is 5.26 Å². The number of hydrogen-bond acceptors (Lipinski definition) is 3. The average Bonchev–Trinajstić information content (AvgIpc) is 2.47. The van der Waals surface area contributed by atoms with Crippen LogP contribution in [0.15, 0.2) is 36.4 Å². The summed E-state index contributed by atoms with van der Waals surface area (Å²) in [5.41, 5.74) is 1.47. The summed E-state index contributed by atoms with van der Waals surface area (Å²) in [6.07, 6.45) is 0. The van der Waals surface area contributed by atoms with Crippen LogP contribution in [0.25, 0.3) is 0 Å². The minimum absolute atomic E-state index is 0.0446. The van der Waals surface area contributed by atoms with Crippen LogP contribution in [-0.2, 0) is 13.2 Å². The number of nitrogens with zero attached hydrogens (tertiary/aromatic N) is 1. The Bertz CT molecular complexity index is 680. The first-order valence-electron chi connectivity index (χ1n) is 6.38. The highest BCUT2D eigenvalue weighted by Crippen LogP contribution is 2.22. The van der Waals surface area contributed by atoms with Gasteiger partial charge in [-0.15, -0.1) is 0 Å². The first-order chi connectivity index (χ1) is 10.1. The van der Waals surface area contributed by atoms with Crippen LogP contribution >= 0.6 is 0 Å². The molecule has 0 aliphatic carbocycles. The lowest BCUT2D eigenvalue weighted by atomic mass is 10.1. The fourth-order valence-corrected chi connectivity index (χ4v) is 1.96. The van der Waals surface area contributed by atoms with E-state index in [1.165, 1.54) is 36.4 Å². The van der Waals surface area contributed by atoms with Crippen LogP contribution < -0.4 is 10.1 Å². The monoisotopic (exact) mass is 288 g/mol. The number of ether oxygens (including phenoxy) is 1. The van der Waals surface area contributed by atoms with E-state index in [-0.39, 0.29) is 12.4 Å². The second-order valence-electron chi connectivity index (χ2n) is 4.48. The summed E-state index contributed by atoms with van der Waals surface area (Å²) < 4.78 is 32.1. The van der Waals surface area contributed by atoms with Crippen LogP contribution in [0.1, 0.15) is 16.7 Å². The predicted molar refractivity (Wildman–Crippen MR) is 74.6 cm³/mol. The molecule has 21 heavy (non-hydrogen) atoms. The van der Waals surface area contributed by atoms with Crippen LogP contribution in [0, 0.1) is 23.0 Å². The number of rotatable bonds is 5. The molecule has 1 N–H and O–H groups in total. The van der Waals surface area contributed by atoms with Gasteiger partial charge in [0.15, 0.2) is 0 Å². The Morgan fingerprint density at radius 1 is 1.10 bits per heavy atom. The van der Waals surface area contributed by atoms with E-state index in [1.807, 2.05) is 6.07 Å². The normalized spacial score (nSPS) is 10.2. The van der Waals surface area contributed by atoms with Gasteiger partial charge in [0.1, 0.15) is 24.0 Å². The Hall–Kier alpha value is -2.45. The molecule has 0 spiro atoms. The van der Waals surface area contributed by atoms with Gasteiger partial charge in [0.25, 0.3) is 0 Å². The van der Waals surface area contributed by atoms with E-state index >= 15 is 0 Å². The SMILES string of the molecule is CNCc1cc(F)ccc1OCc1cc(F)ccc1C#N. The van der Waals surface area contributed by atoms with Crippen molar-refractivity contribution in [2.45, 2.75) is 13.2 Å². The third-order valence-corrected chi connectivity index (χ3v) is 2.96. The first-order valence-corrected chi connectivity index (χ1v) is 6.38. The molecule has 0 saturated heterocycles. The molecule has 0 radical (unpaired) electrons. The van der Waals surface area contributed by atoms with Gasteiger partial charge in [0.2, 0.25) is 0 Å². The molecule has 2 aromatic carbocycles. The molecule has 0 unspecified atom stereocenters. The molecule has 0 heterocycles. The van der Waals surface area contributed by atoms with Crippen molar-refractivity contribution in [2.75, 3.05) is 7.05 Å². The number of benzene rings is 2. The predicted octanol–water partition coefficient (Wildman–Crippen LogP) is 3.13. The van der Waals surface area contributed by atoms with Crippen LogP contribution in [0.5, 0.6) is 5.75 Å². The van der Waals surface area contributed by atoms with Gasteiger partial charge in [-0.25, -0.2) is 8.78 Å². The summed E-state index contributed by atoms with van der Waals surface area (Å²) in [5, 5.41) is 11.9. The molecular weight excluding hydrogens is 274 g/mol. The molecule has 5 heteroatoms. The van der Waals surface area contributed by atoms with Crippen LogP contribution in [0.2, 0.25) is 0 Å². The van der Waals surface area contributed by atoms with E-state index in [0.29, 0.717) is 29.0 Å². The fraction of sp³-hybridized carbons (Fsp3) is 0.188. The zero-order chi connectivity index (χ0) is 15.2.